The highest BCUT2D eigenvalue weighted by Gasteiger charge is 2.28. The number of rotatable bonds is 6. The van der Waals surface area contributed by atoms with Crippen molar-refractivity contribution in [3.63, 3.8) is 0 Å². The van der Waals surface area contributed by atoms with Crippen molar-refractivity contribution in [3.05, 3.63) is 11.9 Å². The van der Waals surface area contributed by atoms with E-state index >= 15 is 0 Å². The Balaban J connectivity index is 2.13. The normalized spacial score (nSPS) is 20.8. The van der Waals surface area contributed by atoms with Gasteiger partial charge in [-0.2, -0.15) is 0 Å². The molecule has 0 saturated carbocycles. The monoisotopic (exact) mass is 300 g/mol. The second-order valence-electron chi connectivity index (χ2n) is 4.76. The Morgan fingerprint density at radius 3 is 2.75 bits per heavy atom. The highest BCUT2D eigenvalue weighted by molar-refractivity contribution is 7.91. The summed E-state index contributed by atoms with van der Waals surface area (Å²) >= 11 is 0. The summed E-state index contributed by atoms with van der Waals surface area (Å²) in [6.07, 6.45) is 0.614. The summed E-state index contributed by atoms with van der Waals surface area (Å²) in [5, 5.41) is 6.29. The third-order valence-corrected chi connectivity index (χ3v) is 4.76. The van der Waals surface area contributed by atoms with E-state index in [1.165, 1.54) is 0 Å². The summed E-state index contributed by atoms with van der Waals surface area (Å²) in [6, 6.07) is 1.70. The first-order chi connectivity index (χ1) is 9.52. The molecule has 1 saturated heterocycles. The predicted molar refractivity (Wildman–Crippen MR) is 77.6 cm³/mol. The Morgan fingerprint density at radius 1 is 1.40 bits per heavy atom. The SMILES string of the molecule is CCNc1cc(NC2CCS(=O)(=O)C2)nc(COC)n1. The van der Waals surface area contributed by atoms with Crippen LogP contribution < -0.4 is 10.6 Å². The largest absolute Gasteiger partial charge is 0.377 e. The zero-order valence-electron chi connectivity index (χ0n) is 11.7. The molecule has 0 amide bonds. The number of nitrogens with zero attached hydrogens (tertiary/aromatic N) is 2. The molecule has 1 aliphatic rings. The molecule has 0 bridgehead atoms. The van der Waals surface area contributed by atoms with Crippen molar-refractivity contribution >= 4 is 21.5 Å². The Labute approximate surface area is 119 Å². The molecule has 8 heteroatoms. The van der Waals surface area contributed by atoms with Crippen LogP contribution in [0.15, 0.2) is 6.07 Å². The minimum atomic E-state index is -2.90. The van der Waals surface area contributed by atoms with Crippen molar-refractivity contribution in [2.45, 2.75) is 26.0 Å². The summed E-state index contributed by atoms with van der Waals surface area (Å²) < 4.78 is 28.0. The van der Waals surface area contributed by atoms with Crippen molar-refractivity contribution in [1.82, 2.24) is 9.97 Å². The van der Waals surface area contributed by atoms with Gasteiger partial charge in [0.25, 0.3) is 0 Å². The molecule has 1 aliphatic heterocycles. The highest BCUT2D eigenvalue weighted by Crippen LogP contribution is 2.18. The molecule has 1 unspecified atom stereocenters. The van der Waals surface area contributed by atoms with Crippen molar-refractivity contribution in [2.75, 3.05) is 35.8 Å². The standard InChI is InChI=1S/C12H20N4O3S/c1-3-13-10-6-11(16-12(15-10)7-19-2)14-9-4-5-20(17,18)8-9/h6,9H,3-5,7-8H2,1-2H3,(H2,13,14,15,16). The van der Waals surface area contributed by atoms with Gasteiger partial charge in [0.05, 0.1) is 11.5 Å². The molecule has 2 heterocycles. The fourth-order valence-electron chi connectivity index (χ4n) is 2.15. The molecule has 2 rings (SSSR count). The Hall–Kier alpha value is -1.41. The van der Waals surface area contributed by atoms with Crippen molar-refractivity contribution < 1.29 is 13.2 Å². The van der Waals surface area contributed by atoms with E-state index in [0.29, 0.717) is 30.5 Å². The fraction of sp³-hybridized carbons (Fsp3) is 0.667. The van der Waals surface area contributed by atoms with E-state index in [1.54, 1.807) is 13.2 Å². The second-order valence-corrected chi connectivity index (χ2v) is 6.99. The lowest BCUT2D eigenvalue weighted by Gasteiger charge is -2.14. The van der Waals surface area contributed by atoms with Crippen LogP contribution in [0.1, 0.15) is 19.2 Å². The van der Waals surface area contributed by atoms with Gasteiger partial charge in [-0.3, -0.25) is 0 Å². The number of ether oxygens (including phenoxy) is 1. The van der Waals surface area contributed by atoms with Gasteiger partial charge in [0, 0.05) is 25.8 Å². The van der Waals surface area contributed by atoms with E-state index in [2.05, 4.69) is 20.6 Å². The first-order valence-electron chi connectivity index (χ1n) is 6.60. The zero-order valence-corrected chi connectivity index (χ0v) is 12.5. The van der Waals surface area contributed by atoms with Crippen LogP contribution in [0.4, 0.5) is 11.6 Å². The topological polar surface area (TPSA) is 93.2 Å². The van der Waals surface area contributed by atoms with Gasteiger partial charge < -0.3 is 15.4 Å². The quantitative estimate of drug-likeness (QED) is 0.797. The van der Waals surface area contributed by atoms with Crippen LogP contribution in [0.3, 0.4) is 0 Å². The number of anilines is 2. The lowest BCUT2D eigenvalue weighted by Crippen LogP contribution is -2.22. The maximum atomic E-state index is 11.5. The number of methoxy groups -OCH3 is 1. The molecule has 0 spiro atoms. The lowest BCUT2D eigenvalue weighted by atomic mass is 10.2. The van der Waals surface area contributed by atoms with Crippen LogP contribution in [-0.2, 0) is 21.2 Å². The third kappa shape index (κ3) is 4.04. The van der Waals surface area contributed by atoms with E-state index in [-0.39, 0.29) is 17.5 Å². The molecule has 1 atom stereocenters. The summed E-state index contributed by atoms with van der Waals surface area (Å²) in [5.41, 5.74) is 0. The maximum absolute atomic E-state index is 11.5. The fourth-order valence-corrected chi connectivity index (χ4v) is 3.83. The first kappa shape index (κ1) is 15.0. The van der Waals surface area contributed by atoms with Crippen molar-refractivity contribution in [3.8, 4) is 0 Å². The average molecular weight is 300 g/mol. The third-order valence-electron chi connectivity index (χ3n) is 2.99. The molecule has 0 radical (unpaired) electrons. The minimum absolute atomic E-state index is 0.0835. The molecular weight excluding hydrogens is 280 g/mol. The molecule has 0 aromatic carbocycles. The van der Waals surface area contributed by atoms with Crippen molar-refractivity contribution in [1.29, 1.82) is 0 Å². The number of nitrogens with one attached hydrogen (secondary N) is 2. The van der Waals surface area contributed by atoms with E-state index < -0.39 is 9.84 Å². The van der Waals surface area contributed by atoms with Crippen LogP contribution >= 0.6 is 0 Å². The van der Waals surface area contributed by atoms with Crippen LogP contribution in [0.25, 0.3) is 0 Å². The number of aromatic nitrogens is 2. The minimum Gasteiger partial charge on any atom is -0.377 e. The van der Waals surface area contributed by atoms with Gasteiger partial charge in [0.15, 0.2) is 15.7 Å². The van der Waals surface area contributed by atoms with Gasteiger partial charge in [0.1, 0.15) is 18.2 Å². The van der Waals surface area contributed by atoms with Gasteiger partial charge in [-0.15, -0.1) is 0 Å². The van der Waals surface area contributed by atoms with E-state index in [9.17, 15) is 8.42 Å². The second kappa shape index (κ2) is 6.36. The molecule has 2 N–H and O–H groups in total. The van der Waals surface area contributed by atoms with Gasteiger partial charge in [-0.05, 0) is 13.3 Å². The summed E-state index contributed by atoms with van der Waals surface area (Å²) in [7, 11) is -1.32. The summed E-state index contributed by atoms with van der Waals surface area (Å²) in [6.45, 7) is 3.05. The number of hydrogen-bond donors (Lipinski definition) is 2. The summed E-state index contributed by atoms with van der Waals surface area (Å²) in [5.74, 6) is 2.30. The van der Waals surface area contributed by atoms with Gasteiger partial charge in [-0.1, -0.05) is 0 Å². The van der Waals surface area contributed by atoms with E-state index in [0.717, 1.165) is 6.54 Å². The molecule has 0 aliphatic carbocycles. The van der Waals surface area contributed by atoms with Crippen LogP contribution in [0, 0.1) is 0 Å². The van der Waals surface area contributed by atoms with Gasteiger partial charge in [-0.25, -0.2) is 18.4 Å². The Kier molecular flexibility index (Phi) is 4.77. The van der Waals surface area contributed by atoms with E-state index in [1.807, 2.05) is 6.92 Å². The van der Waals surface area contributed by atoms with Crippen LogP contribution in [-0.4, -0.2) is 49.6 Å². The van der Waals surface area contributed by atoms with Gasteiger partial charge in [0.2, 0.25) is 0 Å². The summed E-state index contributed by atoms with van der Waals surface area (Å²) in [4.78, 5) is 8.65. The molecule has 1 aromatic rings. The van der Waals surface area contributed by atoms with Crippen molar-refractivity contribution in [2.24, 2.45) is 0 Å². The molecule has 1 fully saturated rings. The maximum Gasteiger partial charge on any atom is 0.158 e. The molecule has 20 heavy (non-hydrogen) atoms. The molecule has 1 aromatic heterocycles. The smallest absolute Gasteiger partial charge is 0.158 e. The molecule has 112 valence electrons. The Morgan fingerprint density at radius 2 is 2.15 bits per heavy atom. The Bertz CT molecular complexity index is 538. The predicted octanol–water partition coefficient (Wildman–Crippen LogP) is 0.654. The van der Waals surface area contributed by atoms with Gasteiger partial charge >= 0.3 is 0 Å². The highest BCUT2D eigenvalue weighted by atomic mass is 32.2. The zero-order chi connectivity index (χ0) is 14.6. The number of hydrogen-bond acceptors (Lipinski definition) is 7. The van der Waals surface area contributed by atoms with E-state index in [4.69, 9.17) is 4.74 Å². The average Bonchev–Trinajstić information content (AvgIpc) is 2.69. The molecule has 7 nitrogen and oxygen atoms in total. The number of sulfone groups is 1. The molecular formula is C12H20N4O3S. The first-order valence-corrected chi connectivity index (χ1v) is 8.42. The van der Waals surface area contributed by atoms with Crippen LogP contribution in [0.2, 0.25) is 0 Å². The lowest BCUT2D eigenvalue weighted by molar-refractivity contribution is 0.178. The van der Waals surface area contributed by atoms with Crippen LogP contribution in [0.5, 0.6) is 0 Å².